The second-order valence-electron chi connectivity index (χ2n) is 14.1. The molecule has 43 heavy (non-hydrogen) atoms. The Labute approximate surface area is 255 Å². The van der Waals surface area contributed by atoms with Gasteiger partial charge in [0.05, 0.1) is 23.9 Å². The van der Waals surface area contributed by atoms with Crippen molar-refractivity contribution < 1.29 is 19.4 Å². The van der Waals surface area contributed by atoms with Crippen LogP contribution in [0, 0.1) is 0 Å². The molecule has 0 saturated carbocycles. The summed E-state index contributed by atoms with van der Waals surface area (Å²) in [7, 11) is 2.16. The van der Waals surface area contributed by atoms with E-state index in [0.717, 1.165) is 68.9 Å². The highest BCUT2D eigenvalue weighted by molar-refractivity contribution is 5.70. The molecule has 3 saturated heterocycles. The van der Waals surface area contributed by atoms with E-state index in [-0.39, 0.29) is 24.2 Å². The number of carbonyl (C=O) groups excluding carboxylic acids is 1. The zero-order valence-electron chi connectivity index (χ0n) is 26.0. The monoisotopic (exact) mass is 590 g/mol. The maximum atomic E-state index is 13.1. The molecular formula is C33H46N6O4. The summed E-state index contributed by atoms with van der Waals surface area (Å²) in [5, 5.41) is 10.8. The highest BCUT2D eigenvalue weighted by Crippen LogP contribution is 2.44. The lowest BCUT2D eigenvalue weighted by molar-refractivity contribution is 0.0122. The summed E-state index contributed by atoms with van der Waals surface area (Å²) in [4.78, 5) is 32.4. The quantitative estimate of drug-likeness (QED) is 0.553. The highest BCUT2D eigenvalue weighted by Gasteiger charge is 2.46. The standard InChI is InChI=1S/C33H46N6O4/c1-33(2,3)43-32(41)39-21-11-12-22(39)18-38(17-21)30-26-13-15-37(28-16-29(40)25-10-6-5-9-24(25)28)19-27(26)34-31(35-30)42-20-23-8-7-14-36(23)4/h5-6,9-10,21-23,28-29,40H,7-8,11-20H2,1-4H3/t21?,22?,23-,28?,29?/m0/s1. The smallest absolute Gasteiger partial charge is 0.410 e. The Balaban J connectivity index is 1.16. The Morgan fingerprint density at radius 3 is 2.49 bits per heavy atom. The van der Waals surface area contributed by atoms with Crippen LogP contribution in [0.25, 0.3) is 0 Å². The summed E-state index contributed by atoms with van der Waals surface area (Å²) in [5.74, 6) is 0.965. The number of aromatic nitrogens is 2. The molecule has 10 nitrogen and oxygen atoms in total. The van der Waals surface area contributed by atoms with E-state index in [0.29, 0.717) is 31.6 Å². The number of aliphatic hydroxyl groups excluding tert-OH is 1. The molecule has 3 fully saturated rings. The predicted octanol–water partition coefficient (Wildman–Crippen LogP) is 4.07. The van der Waals surface area contributed by atoms with Gasteiger partial charge in [0.2, 0.25) is 0 Å². The van der Waals surface area contributed by atoms with E-state index < -0.39 is 11.7 Å². The first-order valence-corrected chi connectivity index (χ1v) is 16.1. The molecule has 2 aromatic rings. The molecule has 0 radical (unpaired) electrons. The Morgan fingerprint density at radius 1 is 1.05 bits per heavy atom. The number of likely N-dealkylation sites (N-methyl/N-ethyl adjacent to an activating group) is 1. The maximum absolute atomic E-state index is 13.1. The summed E-state index contributed by atoms with van der Waals surface area (Å²) < 4.78 is 12.1. The summed E-state index contributed by atoms with van der Waals surface area (Å²) in [6.07, 6.45) is 5.18. The number of aliphatic hydroxyl groups is 1. The van der Waals surface area contributed by atoms with Crippen LogP contribution < -0.4 is 9.64 Å². The number of rotatable bonds is 5. The number of carbonyl (C=O) groups is 1. The number of amides is 1. The summed E-state index contributed by atoms with van der Waals surface area (Å²) in [5.41, 5.74) is 3.97. The molecular weight excluding hydrogens is 544 g/mol. The number of benzene rings is 1. The first-order valence-electron chi connectivity index (χ1n) is 16.1. The Bertz CT molecular complexity index is 1350. The highest BCUT2D eigenvalue weighted by atomic mass is 16.6. The van der Waals surface area contributed by atoms with Gasteiger partial charge in [0, 0.05) is 43.8 Å². The van der Waals surface area contributed by atoms with E-state index in [2.05, 4.69) is 39.9 Å². The van der Waals surface area contributed by atoms with Crippen molar-refractivity contribution >= 4 is 11.9 Å². The lowest BCUT2D eigenvalue weighted by Gasteiger charge is -2.43. The molecule has 232 valence electrons. The summed E-state index contributed by atoms with van der Waals surface area (Å²) in [6, 6.07) is 9.49. The van der Waals surface area contributed by atoms with Gasteiger partial charge in [0.15, 0.2) is 0 Å². The van der Waals surface area contributed by atoms with Crippen LogP contribution in [0.1, 0.15) is 87.4 Å². The number of ether oxygens (including phenoxy) is 2. The van der Waals surface area contributed by atoms with Gasteiger partial charge in [-0.15, -0.1) is 0 Å². The fourth-order valence-electron chi connectivity index (χ4n) is 7.98. The Morgan fingerprint density at radius 2 is 1.79 bits per heavy atom. The topological polar surface area (TPSA) is 94.5 Å². The molecule has 5 aliphatic rings. The number of nitrogens with zero attached hydrogens (tertiary/aromatic N) is 6. The van der Waals surface area contributed by atoms with Crippen molar-refractivity contribution in [2.45, 2.75) is 102 Å². The maximum Gasteiger partial charge on any atom is 0.410 e. The molecule has 1 N–H and O–H groups in total. The third-order valence-corrected chi connectivity index (χ3v) is 10.1. The molecule has 2 bridgehead atoms. The van der Waals surface area contributed by atoms with Crippen molar-refractivity contribution in [2.24, 2.45) is 0 Å². The van der Waals surface area contributed by atoms with Crippen LogP contribution in [-0.2, 0) is 17.7 Å². The van der Waals surface area contributed by atoms with E-state index in [1.165, 1.54) is 17.5 Å². The Kier molecular flexibility index (Phi) is 7.50. The van der Waals surface area contributed by atoms with Gasteiger partial charge in [0.1, 0.15) is 18.0 Å². The van der Waals surface area contributed by atoms with Gasteiger partial charge >= 0.3 is 12.1 Å². The third kappa shape index (κ3) is 5.58. The minimum absolute atomic E-state index is 0.104. The number of fused-ring (bicyclic) bond motifs is 4. The van der Waals surface area contributed by atoms with Crippen LogP contribution in [0.15, 0.2) is 24.3 Å². The lowest BCUT2D eigenvalue weighted by Crippen LogP contribution is -2.57. The van der Waals surface area contributed by atoms with Gasteiger partial charge in [-0.05, 0) is 84.0 Å². The van der Waals surface area contributed by atoms with Crippen molar-refractivity contribution in [1.82, 2.24) is 24.7 Å². The molecule has 1 aliphatic carbocycles. The zero-order valence-corrected chi connectivity index (χ0v) is 26.0. The summed E-state index contributed by atoms with van der Waals surface area (Å²) in [6.45, 7) is 10.5. The van der Waals surface area contributed by atoms with Gasteiger partial charge in [0.25, 0.3) is 0 Å². The average molecular weight is 591 g/mol. The van der Waals surface area contributed by atoms with Gasteiger partial charge < -0.3 is 24.4 Å². The van der Waals surface area contributed by atoms with Gasteiger partial charge in [-0.25, -0.2) is 4.79 Å². The molecule has 5 heterocycles. The molecule has 4 aliphatic heterocycles. The molecule has 4 unspecified atom stereocenters. The number of hydrogen-bond acceptors (Lipinski definition) is 9. The normalized spacial score (nSPS) is 29.1. The van der Waals surface area contributed by atoms with Gasteiger partial charge in [-0.1, -0.05) is 24.3 Å². The second-order valence-corrected chi connectivity index (χ2v) is 14.1. The molecule has 1 aromatic carbocycles. The molecule has 1 aromatic heterocycles. The van der Waals surface area contributed by atoms with Gasteiger partial charge in [-0.3, -0.25) is 9.80 Å². The van der Waals surface area contributed by atoms with Crippen LogP contribution in [0.4, 0.5) is 10.6 Å². The van der Waals surface area contributed by atoms with Crippen LogP contribution in [0.5, 0.6) is 6.01 Å². The fraction of sp³-hybridized carbons (Fsp3) is 0.667. The van der Waals surface area contributed by atoms with E-state index in [1.54, 1.807) is 0 Å². The van der Waals surface area contributed by atoms with E-state index >= 15 is 0 Å². The minimum Gasteiger partial charge on any atom is -0.462 e. The van der Waals surface area contributed by atoms with E-state index in [9.17, 15) is 9.90 Å². The zero-order chi connectivity index (χ0) is 29.9. The van der Waals surface area contributed by atoms with E-state index in [4.69, 9.17) is 19.4 Å². The van der Waals surface area contributed by atoms with Gasteiger partial charge in [-0.2, -0.15) is 9.97 Å². The van der Waals surface area contributed by atoms with Crippen molar-refractivity contribution in [3.8, 4) is 6.01 Å². The molecule has 10 heteroatoms. The number of hydrogen-bond donors (Lipinski definition) is 1. The molecule has 7 rings (SSSR count). The molecule has 5 atom stereocenters. The lowest BCUT2D eigenvalue weighted by atomic mass is 10.00. The first-order chi connectivity index (χ1) is 20.6. The van der Waals surface area contributed by atoms with Crippen LogP contribution >= 0.6 is 0 Å². The number of likely N-dealkylation sites (tertiary alicyclic amines) is 1. The minimum atomic E-state index is -0.513. The predicted molar refractivity (Wildman–Crippen MR) is 163 cm³/mol. The van der Waals surface area contributed by atoms with Crippen molar-refractivity contribution in [2.75, 3.05) is 44.7 Å². The van der Waals surface area contributed by atoms with Crippen LogP contribution in [0.3, 0.4) is 0 Å². The van der Waals surface area contributed by atoms with Crippen LogP contribution in [-0.4, -0.2) is 99.4 Å². The number of anilines is 1. The third-order valence-electron chi connectivity index (χ3n) is 10.1. The fourth-order valence-corrected chi connectivity index (χ4v) is 7.98. The largest absolute Gasteiger partial charge is 0.462 e. The van der Waals surface area contributed by atoms with Crippen molar-refractivity contribution in [3.05, 3.63) is 46.6 Å². The summed E-state index contributed by atoms with van der Waals surface area (Å²) >= 11 is 0. The second kappa shape index (κ2) is 11.2. The van der Waals surface area contributed by atoms with E-state index in [1.807, 2.05) is 31.7 Å². The van der Waals surface area contributed by atoms with Crippen LogP contribution in [0.2, 0.25) is 0 Å². The Hall–Kier alpha value is -2.95. The van der Waals surface area contributed by atoms with Crippen molar-refractivity contribution in [3.63, 3.8) is 0 Å². The van der Waals surface area contributed by atoms with Crippen molar-refractivity contribution in [1.29, 1.82) is 0 Å². The SMILES string of the molecule is CN1CCC[C@H]1COc1nc2c(c(N3CC4CCC(C3)N4C(=O)OC(C)(C)C)n1)CCN(C1CC(O)c3ccccc31)C2. The molecule has 1 amide bonds. The number of piperazine rings is 1. The molecule has 0 spiro atoms. The average Bonchev–Trinajstić information content (AvgIpc) is 3.62. The first kappa shape index (κ1) is 28.8.